The normalized spacial score (nSPS) is 13.9. The molecule has 4 nitrogen and oxygen atoms in total. The number of ether oxygens (including phenoxy) is 2. The van der Waals surface area contributed by atoms with Gasteiger partial charge in [-0.2, -0.15) is 0 Å². The number of methoxy groups -OCH3 is 1. The maximum atomic E-state index is 10.8. The van der Waals surface area contributed by atoms with Crippen LogP contribution >= 0.6 is 0 Å². The second-order valence-electron chi connectivity index (χ2n) is 4.20. The van der Waals surface area contributed by atoms with Crippen LogP contribution in [0.15, 0.2) is 0 Å². The van der Waals surface area contributed by atoms with Gasteiger partial charge in [-0.1, -0.05) is 13.3 Å². The number of aliphatic carboxylic acids is 1. The number of hydrogen-bond donors (Lipinski definition) is 1. The Kier molecular flexibility index (Phi) is 6.52. The Morgan fingerprint density at radius 3 is 2.47 bits per heavy atom. The van der Waals surface area contributed by atoms with Crippen molar-refractivity contribution in [1.29, 1.82) is 0 Å². The number of hydrogen-bond acceptors (Lipinski definition) is 3. The lowest BCUT2D eigenvalue weighted by Gasteiger charge is -2.23. The molecule has 0 aromatic carbocycles. The van der Waals surface area contributed by atoms with Gasteiger partial charge in [0.25, 0.3) is 0 Å². The van der Waals surface area contributed by atoms with Gasteiger partial charge in [-0.3, -0.25) is 0 Å². The molecule has 4 heteroatoms. The lowest BCUT2D eigenvalue weighted by Crippen LogP contribution is -2.29. The third-order valence-electron chi connectivity index (χ3n) is 2.40. The van der Waals surface area contributed by atoms with Crippen LogP contribution in [0.1, 0.15) is 40.0 Å². The molecular formula is C11H22O4. The summed E-state index contributed by atoms with van der Waals surface area (Å²) in [6, 6.07) is 0. The van der Waals surface area contributed by atoms with Crippen molar-refractivity contribution < 1.29 is 19.4 Å². The van der Waals surface area contributed by atoms with Crippen LogP contribution in [0.4, 0.5) is 0 Å². The highest BCUT2D eigenvalue weighted by molar-refractivity contribution is 5.72. The molecule has 0 spiro atoms. The molecule has 0 aromatic rings. The third kappa shape index (κ3) is 6.47. The largest absolute Gasteiger partial charge is 0.479 e. The minimum absolute atomic E-state index is 0.255. The minimum Gasteiger partial charge on any atom is -0.479 e. The first-order valence-corrected chi connectivity index (χ1v) is 5.32. The summed E-state index contributed by atoms with van der Waals surface area (Å²) in [5.74, 6) is -0.882. The zero-order valence-electron chi connectivity index (χ0n) is 10.1. The minimum atomic E-state index is -0.882. The molecule has 0 heterocycles. The molecule has 1 N–H and O–H groups in total. The quantitative estimate of drug-likeness (QED) is 0.677. The van der Waals surface area contributed by atoms with Crippen molar-refractivity contribution in [2.75, 3.05) is 13.7 Å². The van der Waals surface area contributed by atoms with Gasteiger partial charge < -0.3 is 14.6 Å². The van der Waals surface area contributed by atoms with Crippen molar-refractivity contribution in [1.82, 2.24) is 0 Å². The van der Waals surface area contributed by atoms with Crippen LogP contribution in [0, 0.1) is 0 Å². The monoisotopic (exact) mass is 218 g/mol. The second kappa shape index (κ2) is 6.80. The Morgan fingerprint density at radius 1 is 1.47 bits per heavy atom. The van der Waals surface area contributed by atoms with E-state index in [0.29, 0.717) is 19.4 Å². The van der Waals surface area contributed by atoms with Crippen LogP contribution in [-0.4, -0.2) is 36.5 Å². The van der Waals surface area contributed by atoms with Crippen LogP contribution in [0.3, 0.4) is 0 Å². The fraction of sp³-hybridized carbons (Fsp3) is 0.909. The van der Waals surface area contributed by atoms with Crippen LogP contribution in [0.2, 0.25) is 0 Å². The molecule has 0 amide bonds. The Balaban J connectivity index is 3.85. The SMILES string of the molecule is CCCC(OCCC(C)(C)OC)C(=O)O. The summed E-state index contributed by atoms with van der Waals surface area (Å²) in [7, 11) is 1.64. The van der Waals surface area contributed by atoms with E-state index in [1.54, 1.807) is 7.11 Å². The van der Waals surface area contributed by atoms with E-state index in [0.717, 1.165) is 6.42 Å². The van der Waals surface area contributed by atoms with Gasteiger partial charge in [0, 0.05) is 7.11 Å². The van der Waals surface area contributed by atoms with E-state index in [9.17, 15) is 4.79 Å². The van der Waals surface area contributed by atoms with Crippen molar-refractivity contribution in [3.63, 3.8) is 0 Å². The molecule has 0 aliphatic rings. The first-order chi connectivity index (χ1) is 6.93. The summed E-state index contributed by atoms with van der Waals surface area (Å²) in [6.45, 7) is 6.26. The number of carboxylic acid groups (broad SMARTS) is 1. The van der Waals surface area contributed by atoms with Crippen LogP contribution in [0.25, 0.3) is 0 Å². The zero-order chi connectivity index (χ0) is 11.9. The first-order valence-electron chi connectivity index (χ1n) is 5.32. The van der Waals surface area contributed by atoms with E-state index < -0.39 is 12.1 Å². The molecule has 1 unspecified atom stereocenters. The fourth-order valence-corrected chi connectivity index (χ4v) is 1.09. The number of carboxylic acids is 1. The van der Waals surface area contributed by atoms with Crippen molar-refractivity contribution in [3.05, 3.63) is 0 Å². The summed E-state index contributed by atoms with van der Waals surface area (Å²) in [5.41, 5.74) is -0.255. The number of rotatable bonds is 8. The van der Waals surface area contributed by atoms with Gasteiger partial charge in [0.15, 0.2) is 6.10 Å². The summed E-state index contributed by atoms with van der Waals surface area (Å²) in [5, 5.41) is 8.83. The van der Waals surface area contributed by atoms with E-state index >= 15 is 0 Å². The molecule has 0 radical (unpaired) electrons. The Hall–Kier alpha value is -0.610. The molecular weight excluding hydrogens is 196 g/mol. The molecule has 0 aliphatic carbocycles. The molecule has 0 fully saturated rings. The summed E-state index contributed by atoms with van der Waals surface area (Å²) in [6.07, 6.45) is 1.38. The van der Waals surface area contributed by atoms with Gasteiger partial charge in [-0.25, -0.2) is 4.79 Å². The number of carbonyl (C=O) groups is 1. The summed E-state index contributed by atoms with van der Waals surface area (Å²) < 4.78 is 10.5. The highest BCUT2D eigenvalue weighted by Crippen LogP contribution is 2.14. The topological polar surface area (TPSA) is 55.8 Å². The summed E-state index contributed by atoms with van der Waals surface area (Å²) in [4.78, 5) is 10.8. The Bertz CT molecular complexity index is 189. The molecule has 90 valence electrons. The molecule has 0 saturated heterocycles. The van der Waals surface area contributed by atoms with E-state index in [-0.39, 0.29) is 5.60 Å². The highest BCUT2D eigenvalue weighted by Gasteiger charge is 2.20. The van der Waals surface area contributed by atoms with Gasteiger partial charge in [0.05, 0.1) is 12.2 Å². The van der Waals surface area contributed by atoms with Crippen molar-refractivity contribution in [3.8, 4) is 0 Å². The molecule has 0 aliphatic heterocycles. The van der Waals surface area contributed by atoms with Crippen molar-refractivity contribution in [2.24, 2.45) is 0 Å². The maximum Gasteiger partial charge on any atom is 0.332 e. The van der Waals surface area contributed by atoms with Gasteiger partial charge in [-0.05, 0) is 26.7 Å². The lowest BCUT2D eigenvalue weighted by atomic mass is 10.1. The van der Waals surface area contributed by atoms with Gasteiger partial charge in [0.2, 0.25) is 0 Å². The predicted octanol–water partition coefficient (Wildman–Crippen LogP) is 2.07. The molecule has 15 heavy (non-hydrogen) atoms. The standard InChI is InChI=1S/C11H22O4/c1-5-6-9(10(12)13)15-8-7-11(2,3)14-4/h9H,5-8H2,1-4H3,(H,12,13). The fourth-order valence-electron chi connectivity index (χ4n) is 1.09. The van der Waals surface area contributed by atoms with E-state index in [4.69, 9.17) is 14.6 Å². The highest BCUT2D eigenvalue weighted by atomic mass is 16.5. The van der Waals surface area contributed by atoms with Crippen LogP contribution < -0.4 is 0 Å². The van der Waals surface area contributed by atoms with Crippen molar-refractivity contribution in [2.45, 2.75) is 51.7 Å². The smallest absolute Gasteiger partial charge is 0.332 e. The summed E-state index contributed by atoms with van der Waals surface area (Å²) >= 11 is 0. The van der Waals surface area contributed by atoms with Gasteiger partial charge in [-0.15, -0.1) is 0 Å². The molecule has 0 bridgehead atoms. The third-order valence-corrected chi connectivity index (χ3v) is 2.40. The van der Waals surface area contributed by atoms with Crippen LogP contribution in [0.5, 0.6) is 0 Å². The molecule has 1 atom stereocenters. The predicted molar refractivity (Wildman–Crippen MR) is 58.0 cm³/mol. The average molecular weight is 218 g/mol. The average Bonchev–Trinajstić information content (AvgIpc) is 2.16. The maximum absolute atomic E-state index is 10.8. The Labute approximate surface area is 91.6 Å². The van der Waals surface area contributed by atoms with Gasteiger partial charge in [0.1, 0.15) is 0 Å². The zero-order valence-corrected chi connectivity index (χ0v) is 10.1. The first kappa shape index (κ1) is 14.4. The lowest BCUT2D eigenvalue weighted by molar-refractivity contribution is -0.152. The molecule has 0 saturated carbocycles. The van der Waals surface area contributed by atoms with E-state index in [2.05, 4.69) is 0 Å². The van der Waals surface area contributed by atoms with Gasteiger partial charge >= 0.3 is 5.97 Å². The van der Waals surface area contributed by atoms with Crippen molar-refractivity contribution >= 4 is 5.97 Å². The Morgan fingerprint density at radius 2 is 2.07 bits per heavy atom. The van der Waals surface area contributed by atoms with E-state index in [1.165, 1.54) is 0 Å². The van der Waals surface area contributed by atoms with Crippen LogP contribution in [-0.2, 0) is 14.3 Å². The second-order valence-corrected chi connectivity index (χ2v) is 4.20. The van der Waals surface area contributed by atoms with E-state index in [1.807, 2.05) is 20.8 Å². The molecule has 0 rings (SSSR count). The molecule has 0 aromatic heterocycles.